The minimum absolute atomic E-state index is 0.252. The van der Waals surface area contributed by atoms with Crippen LogP contribution in [0.25, 0.3) is 0 Å². The number of carbonyl (C=O) groups is 1. The number of rotatable bonds is 3. The smallest absolute Gasteiger partial charge is 0.222 e. The Morgan fingerprint density at radius 2 is 1.82 bits per heavy atom. The van der Waals surface area contributed by atoms with Crippen LogP contribution in [0.15, 0.2) is 0 Å². The van der Waals surface area contributed by atoms with Crippen LogP contribution >= 0.6 is 11.6 Å². The van der Waals surface area contributed by atoms with Crippen molar-refractivity contribution in [3.8, 4) is 0 Å². The molecule has 2 rings (SSSR count). The zero-order chi connectivity index (χ0) is 12.3. The highest BCUT2D eigenvalue weighted by Gasteiger charge is 2.27. The molecular formula is C14H24ClNO. The van der Waals surface area contributed by atoms with E-state index in [4.69, 9.17) is 11.6 Å². The van der Waals surface area contributed by atoms with Gasteiger partial charge < -0.3 is 4.90 Å². The van der Waals surface area contributed by atoms with Gasteiger partial charge in [0.2, 0.25) is 5.91 Å². The Morgan fingerprint density at radius 3 is 2.35 bits per heavy atom. The molecule has 1 amide bonds. The normalized spacial score (nSPS) is 25.2. The van der Waals surface area contributed by atoms with Gasteiger partial charge in [0.25, 0.3) is 0 Å². The molecule has 1 heterocycles. The molecule has 0 spiro atoms. The van der Waals surface area contributed by atoms with Crippen molar-refractivity contribution in [1.29, 1.82) is 0 Å². The van der Waals surface area contributed by atoms with E-state index in [0.717, 1.165) is 32.4 Å². The highest BCUT2D eigenvalue weighted by Crippen LogP contribution is 2.29. The van der Waals surface area contributed by atoms with Crippen LogP contribution in [0.4, 0.5) is 0 Å². The molecule has 17 heavy (non-hydrogen) atoms. The summed E-state index contributed by atoms with van der Waals surface area (Å²) in [6.07, 6.45) is 8.14. The predicted molar refractivity (Wildman–Crippen MR) is 71.2 cm³/mol. The number of halogens is 1. The molecule has 0 aromatic carbocycles. The Kier molecular flexibility index (Phi) is 4.72. The molecule has 1 atom stereocenters. The minimum Gasteiger partial charge on any atom is -0.343 e. The van der Waals surface area contributed by atoms with Crippen molar-refractivity contribution < 1.29 is 4.79 Å². The summed E-state index contributed by atoms with van der Waals surface area (Å²) in [5.41, 5.74) is 0. The lowest BCUT2D eigenvalue weighted by molar-refractivity contribution is -0.133. The van der Waals surface area contributed by atoms with E-state index in [0.29, 0.717) is 17.7 Å². The Balaban J connectivity index is 1.74. The third kappa shape index (κ3) is 3.61. The van der Waals surface area contributed by atoms with Gasteiger partial charge in [-0.25, -0.2) is 0 Å². The van der Waals surface area contributed by atoms with Gasteiger partial charge >= 0.3 is 0 Å². The Morgan fingerprint density at radius 1 is 1.24 bits per heavy atom. The lowest BCUT2D eigenvalue weighted by atomic mass is 9.93. The van der Waals surface area contributed by atoms with Crippen LogP contribution in [0.1, 0.15) is 51.9 Å². The van der Waals surface area contributed by atoms with Gasteiger partial charge in [0.1, 0.15) is 0 Å². The van der Waals surface area contributed by atoms with Gasteiger partial charge in [0.15, 0.2) is 0 Å². The molecule has 2 nitrogen and oxygen atoms in total. The Bertz CT molecular complexity index is 253. The monoisotopic (exact) mass is 257 g/mol. The van der Waals surface area contributed by atoms with E-state index >= 15 is 0 Å². The van der Waals surface area contributed by atoms with E-state index in [2.05, 4.69) is 11.8 Å². The zero-order valence-corrected chi connectivity index (χ0v) is 11.6. The molecule has 0 bridgehead atoms. The average molecular weight is 258 g/mol. The fourth-order valence-electron chi connectivity index (χ4n) is 3.20. The van der Waals surface area contributed by atoms with Crippen LogP contribution in [0, 0.1) is 11.8 Å². The number of amides is 1. The van der Waals surface area contributed by atoms with Crippen molar-refractivity contribution in [2.45, 2.75) is 57.2 Å². The molecule has 1 saturated carbocycles. The summed E-state index contributed by atoms with van der Waals surface area (Å²) in [6.45, 7) is 3.92. The topological polar surface area (TPSA) is 20.3 Å². The minimum atomic E-state index is 0.252. The van der Waals surface area contributed by atoms with Crippen LogP contribution in [0.5, 0.6) is 0 Å². The lowest BCUT2D eigenvalue weighted by Crippen LogP contribution is -2.40. The molecule has 98 valence electrons. The lowest BCUT2D eigenvalue weighted by Gasteiger charge is -2.33. The summed E-state index contributed by atoms with van der Waals surface area (Å²) < 4.78 is 0. The van der Waals surface area contributed by atoms with Crippen LogP contribution in [0.3, 0.4) is 0 Å². The zero-order valence-electron chi connectivity index (χ0n) is 10.8. The Hall–Kier alpha value is -0.240. The van der Waals surface area contributed by atoms with Gasteiger partial charge in [-0.2, -0.15) is 0 Å². The van der Waals surface area contributed by atoms with Crippen LogP contribution < -0.4 is 0 Å². The molecule has 1 saturated heterocycles. The Labute approximate surface area is 110 Å². The van der Waals surface area contributed by atoms with Gasteiger partial charge in [-0.3, -0.25) is 4.79 Å². The van der Waals surface area contributed by atoms with Crippen molar-refractivity contribution in [2.75, 3.05) is 13.1 Å². The van der Waals surface area contributed by atoms with E-state index in [9.17, 15) is 4.79 Å². The van der Waals surface area contributed by atoms with Gasteiger partial charge in [0, 0.05) is 24.9 Å². The second-order valence-electron chi connectivity index (χ2n) is 5.75. The maximum absolute atomic E-state index is 12.1. The fraction of sp³-hybridized carbons (Fsp3) is 0.929. The van der Waals surface area contributed by atoms with E-state index in [-0.39, 0.29) is 5.38 Å². The third-order valence-corrected chi connectivity index (χ3v) is 4.84. The molecule has 0 radical (unpaired) electrons. The number of alkyl halides is 1. The summed E-state index contributed by atoms with van der Waals surface area (Å²) >= 11 is 6.12. The second-order valence-corrected chi connectivity index (χ2v) is 6.44. The van der Waals surface area contributed by atoms with Crippen molar-refractivity contribution in [1.82, 2.24) is 4.90 Å². The molecule has 1 aliphatic heterocycles. The highest BCUT2D eigenvalue weighted by atomic mass is 35.5. The van der Waals surface area contributed by atoms with Crippen molar-refractivity contribution in [3.63, 3.8) is 0 Å². The molecule has 1 aliphatic carbocycles. The summed E-state index contributed by atoms with van der Waals surface area (Å²) in [5.74, 6) is 1.66. The number of piperidine rings is 1. The predicted octanol–water partition coefficient (Wildman–Crippen LogP) is 3.43. The van der Waals surface area contributed by atoms with Crippen LogP contribution in [0.2, 0.25) is 0 Å². The maximum atomic E-state index is 12.1. The standard InChI is InChI=1S/C14H24ClNO/c1-11(15)13-6-8-16(9-7-13)14(17)10-12-4-2-3-5-12/h11-13H,2-10H2,1H3. The summed E-state index contributed by atoms with van der Waals surface area (Å²) in [7, 11) is 0. The van der Waals surface area contributed by atoms with E-state index in [1.807, 2.05) is 0 Å². The molecule has 1 unspecified atom stereocenters. The van der Waals surface area contributed by atoms with Gasteiger partial charge in [0.05, 0.1) is 0 Å². The molecule has 2 fully saturated rings. The van der Waals surface area contributed by atoms with Crippen molar-refractivity contribution in [2.24, 2.45) is 11.8 Å². The average Bonchev–Trinajstić information content (AvgIpc) is 2.82. The molecular weight excluding hydrogens is 234 g/mol. The van der Waals surface area contributed by atoms with Gasteiger partial charge in [-0.1, -0.05) is 12.8 Å². The van der Waals surface area contributed by atoms with Gasteiger partial charge in [-0.05, 0) is 44.4 Å². The molecule has 3 heteroatoms. The SMILES string of the molecule is CC(Cl)C1CCN(C(=O)CC2CCCC2)CC1. The third-order valence-electron chi connectivity index (χ3n) is 4.48. The van der Waals surface area contributed by atoms with Gasteiger partial charge in [-0.15, -0.1) is 11.6 Å². The van der Waals surface area contributed by atoms with E-state index < -0.39 is 0 Å². The first-order valence-electron chi connectivity index (χ1n) is 7.08. The summed E-state index contributed by atoms with van der Waals surface area (Å²) in [5, 5.41) is 0.252. The second kappa shape index (κ2) is 6.08. The fourth-order valence-corrected chi connectivity index (χ4v) is 3.45. The molecule has 0 aromatic rings. The summed E-state index contributed by atoms with van der Waals surface area (Å²) in [4.78, 5) is 14.2. The van der Waals surface area contributed by atoms with Crippen molar-refractivity contribution >= 4 is 17.5 Å². The van der Waals surface area contributed by atoms with Crippen LogP contribution in [-0.4, -0.2) is 29.3 Å². The molecule has 0 aromatic heterocycles. The quantitative estimate of drug-likeness (QED) is 0.710. The first-order valence-corrected chi connectivity index (χ1v) is 7.52. The van der Waals surface area contributed by atoms with Crippen molar-refractivity contribution in [3.05, 3.63) is 0 Å². The highest BCUT2D eigenvalue weighted by molar-refractivity contribution is 6.20. The number of hydrogen-bond donors (Lipinski definition) is 0. The number of hydrogen-bond acceptors (Lipinski definition) is 1. The van der Waals surface area contributed by atoms with E-state index in [1.54, 1.807) is 0 Å². The van der Waals surface area contributed by atoms with E-state index in [1.165, 1.54) is 25.7 Å². The maximum Gasteiger partial charge on any atom is 0.222 e. The number of likely N-dealkylation sites (tertiary alicyclic amines) is 1. The molecule has 2 aliphatic rings. The van der Waals surface area contributed by atoms with Crippen LogP contribution in [-0.2, 0) is 4.79 Å². The number of nitrogens with zero attached hydrogens (tertiary/aromatic N) is 1. The number of carbonyl (C=O) groups excluding carboxylic acids is 1. The summed E-state index contributed by atoms with van der Waals surface area (Å²) in [6, 6.07) is 0. The molecule has 0 N–H and O–H groups in total. The first-order chi connectivity index (χ1) is 8.16. The largest absolute Gasteiger partial charge is 0.343 e. The first kappa shape index (κ1) is 13.2.